The number of benzene rings is 1. The standard InChI is InChI=1S/C13H14N4O/c18-13(16-9-5-6-9)8-15-12-7-14-10-3-1-2-4-11(10)17-12/h1-4,7,9H,5-6,8H2,(H,15,17)(H,16,18). The minimum Gasteiger partial charge on any atom is -0.360 e. The summed E-state index contributed by atoms with van der Waals surface area (Å²) in [6.45, 7) is 0.240. The molecule has 1 saturated carbocycles. The molecule has 1 fully saturated rings. The van der Waals surface area contributed by atoms with Gasteiger partial charge in [0.05, 0.1) is 23.8 Å². The van der Waals surface area contributed by atoms with Crippen molar-refractivity contribution in [1.29, 1.82) is 0 Å². The number of carbonyl (C=O) groups is 1. The van der Waals surface area contributed by atoms with Crippen molar-refractivity contribution in [3.05, 3.63) is 30.5 Å². The number of nitrogens with one attached hydrogen (secondary N) is 2. The van der Waals surface area contributed by atoms with Crippen molar-refractivity contribution in [2.24, 2.45) is 0 Å². The van der Waals surface area contributed by atoms with Crippen LogP contribution in [0.15, 0.2) is 30.5 Å². The molecule has 1 aromatic heterocycles. The van der Waals surface area contributed by atoms with Crippen LogP contribution in [0.1, 0.15) is 12.8 Å². The Morgan fingerprint density at radius 3 is 2.83 bits per heavy atom. The van der Waals surface area contributed by atoms with Gasteiger partial charge in [-0.2, -0.15) is 0 Å². The minimum atomic E-state index is 0.00691. The van der Waals surface area contributed by atoms with E-state index in [4.69, 9.17) is 0 Å². The molecule has 5 heteroatoms. The highest BCUT2D eigenvalue weighted by atomic mass is 16.2. The lowest BCUT2D eigenvalue weighted by Gasteiger charge is -2.06. The Labute approximate surface area is 105 Å². The maximum absolute atomic E-state index is 11.5. The topological polar surface area (TPSA) is 66.9 Å². The third-order valence-electron chi connectivity index (χ3n) is 2.82. The molecule has 0 aliphatic heterocycles. The first-order valence-corrected chi connectivity index (χ1v) is 6.06. The van der Waals surface area contributed by atoms with Gasteiger partial charge in [-0.15, -0.1) is 0 Å². The van der Waals surface area contributed by atoms with E-state index in [9.17, 15) is 4.79 Å². The molecular weight excluding hydrogens is 228 g/mol. The van der Waals surface area contributed by atoms with Crippen molar-refractivity contribution in [3.63, 3.8) is 0 Å². The largest absolute Gasteiger partial charge is 0.360 e. The van der Waals surface area contributed by atoms with Crippen LogP contribution < -0.4 is 10.6 Å². The third kappa shape index (κ3) is 2.56. The number of aromatic nitrogens is 2. The van der Waals surface area contributed by atoms with Crippen LogP contribution in [-0.2, 0) is 4.79 Å². The lowest BCUT2D eigenvalue weighted by atomic mass is 10.3. The van der Waals surface area contributed by atoms with E-state index in [0.29, 0.717) is 11.9 Å². The first kappa shape index (κ1) is 11.0. The van der Waals surface area contributed by atoms with Gasteiger partial charge >= 0.3 is 0 Å². The third-order valence-corrected chi connectivity index (χ3v) is 2.82. The van der Waals surface area contributed by atoms with E-state index in [-0.39, 0.29) is 12.5 Å². The van der Waals surface area contributed by atoms with Gasteiger partial charge < -0.3 is 10.6 Å². The Hall–Kier alpha value is -2.17. The molecule has 3 rings (SSSR count). The zero-order valence-corrected chi connectivity index (χ0v) is 9.89. The highest BCUT2D eigenvalue weighted by molar-refractivity contribution is 5.81. The van der Waals surface area contributed by atoms with Gasteiger partial charge in [0.1, 0.15) is 5.82 Å². The Bertz CT molecular complexity index is 580. The molecule has 92 valence electrons. The Morgan fingerprint density at radius 2 is 2.06 bits per heavy atom. The molecule has 2 aromatic rings. The summed E-state index contributed by atoms with van der Waals surface area (Å²) in [5.74, 6) is 0.632. The SMILES string of the molecule is O=C(CNc1cnc2ccccc2n1)NC1CC1. The van der Waals surface area contributed by atoms with Crippen LogP contribution in [-0.4, -0.2) is 28.5 Å². The van der Waals surface area contributed by atoms with E-state index >= 15 is 0 Å². The monoisotopic (exact) mass is 242 g/mol. The number of carbonyl (C=O) groups excluding carboxylic acids is 1. The van der Waals surface area contributed by atoms with Gasteiger partial charge in [0.2, 0.25) is 5.91 Å². The van der Waals surface area contributed by atoms with Crippen LogP contribution in [0.3, 0.4) is 0 Å². The Balaban J connectivity index is 1.64. The summed E-state index contributed by atoms with van der Waals surface area (Å²) in [5, 5.41) is 5.90. The zero-order chi connectivity index (χ0) is 12.4. The summed E-state index contributed by atoms with van der Waals surface area (Å²) in [4.78, 5) is 20.2. The number of para-hydroxylation sites is 2. The number of rotatable bonds is 4. The minimum absolute atomic E-state index is 0.00691. The average molecular weight is 242 g/mol. The second-order valence-electron chi connectivity index (χ2n) is 4.44. The van der Waals surface area contributed by atoms with Crippen LogP contribution in [0.25, 0.3) is 11.0 Å². The highest BCUT2D eigenvalue weighted by Gasteiger charge is 2.22. The number of amides is 1. The molecule has 18 heavy (non-hydrogen) atoms. The Kier molecular flexibility index (Phi) is 2.80. The van der Waals surface area contributed by atoms with Crippen molar-refractivity contribution in [2.45, 2.75) is 18.9 Å². The summed E-state index contributed by atoms with van der Waals surface area (Å²) in [6.07, 6.45) is 3.84. The van der Waals surface area contributed by atoms with Crippen molar-refractivity contribution in [3.8, 4) is 0 Å². The number of hydrogen-bond donors (Lipinski definition) is 2. The summed E-state index contributed by atoms with van der Waals surface area (Å²) in [5.41, 5.74) is 1.68. The highest BCUT2D eigenvalue weighted by Crippen LogP contribution is 2.18. The van der Waals surface area contributed by atoms with Gasteiger partial charge in [0.25, 0.3) is 0 Å². The molecule has 0 unspecified atom stereocenters. The number of fused-ring (bicyclic) bond motifs is 1. The van der Waals surface area contributed by atoms with Crippen molar-refractivity contribution in [1.82, 2.24) is 15.3 Å². The summed E-state index contributed by atoms with van der Waals surface area (Å²) >= 11 is 0. The Morgan fingerprint density at radius 1 is 1.28 bits per heavy atom. The van der Waals surface area contributed by atoms with Crippen molar-refractivity contribution < 1.29 is 4.79 Å². The van der Waals surface area contributed by atoms with Gasteiger partial charge in [-0.3, -0.25) is 9.78 Å². The first-order valence-electron chi connectivity index (χ1n) is 6.06. The maximum atomic E-state index is 11.5. The van der Waals surface area contributed by atoms with Crippen LogP contribution in [0, 0.1) is 0 Å². The van der Waals surface area contributed by atoms with Gasteiger partial charge in [0.15, 0.2) is 0 Å². The van der Waals surface area contributed by atoms with Gasteiger partial charge in [0, 0.05) is 6.04 Å². The molecule has 1 heterocycles. The molecular formula is C13H14N4O. The number of anilines is 1. The second-order valence-corrected chi connectivity index (χ2v) is 4.44. The van der Waals surface area contributed by atoms with Gasteiger partial charge in [-0.1, -0.05) is 12.1 Å². The lowest BCUT2D eigenvalue weighted by molar-refractivity contribution is -0.119. The molecule has 1 aliphatic rings. The van der Waals surface area contributed by atoms with E-state index in [1.807, 2.05) is 24.3 Å². The molecule has 1 aromatic carbocycles. The summed E-state index contributed by atoms with van der Waals surface area (Å²) in [7, 11) is 0. The molecule has 0 atom stereocenters. The van der Waals surface area contributed by atoms with E-state index in [1.165, 1.54) is 0 Å². The fourth-order valence-electron chi connectivity index (χ4n) is 1.72. The quantitative estimate of drug-likeness (QED) is 0.848. The summed E-state index contributed by atoms with van der Waals surface area (Å²) < 4.78 is 0. The molecule has 0 saturated heterocycles. The second kappa shape index (κ2) is 4.60. The predicted molar refractivity (Wildman–Crippen MR) is 69.2 cm³/mol. The predicted octanol–water partition coefficient (Wildman–Crippen LogP) is 1.32. The normalized spacial score (nSPS) is 14.4. The maximum Gasteiger partial charge on any atom is 0.239 e. The fraction of sp³-hybridized carbons (Fsp3) is 0.308. The van der Waals surface area contributed by atoms with Crippen LogP contribution >= 0.6 is 0 Å². The smallest absolute Gasteiger partial charge is 0.239 e. The van der Waals surface area contributed by atoms with Crippen molar-refractivity contribution in [2.75, 3.05) is 11.9 Å². The molecule has 2 N–H and O–H groups in total. The van der Waals surface area contributed by atoms with Gasteiger partial charge in [-0.25, -0.2) is 4.98 Å². The fourth-order valence-corrected chi connectivity index (χ4v) is 1.72. The van der Waals surface area contributed by atoms with Crippen LogP contribution in [0.2, 0.25) is 0 Å². The van der Waals surface area contributed by atoms with E-state index in [1.54, 1.807) is 6.20 Å². The average Bonchev–Trinajstić information content (AvgIpc) is 3.20. The van der Waals surface area contributed by atoms with E-state index < -0.39 is 0 Å². The van der Waals surface area contributed by atoms with E-state index in [0.717, 1.165) is 23.9 Å². The number of nitrogens with zero attached hydrogens (tertiary/aromatic N) is 2. The van der Waals surface area contributed by atoms with Gasteiger partial charge in [-0.05, 0) is 25.0 Å². The number of hydrogen-bond acceptors (Lipinski definition) is 4. The lowest BCUT2D eigenvalue weighted by Crippen LogP contribution is -2.31. The zero-order valence-electron chi connectivity index (χ0n) is 9.89. The first-order chi connectivity index (χ1) is 8.81. The van der Waals surface area contributed by atoms with E-state index in [2.05, 4.69) is 20.6 Å². The molecule has 0 bridgehead atoms. The molecule has 5 nitrogen and oxygen atoms in total. The molecule has 0 spiro atoms. The molecule has 1 amide bonds. The summed E-state index contributed by atoms with van der Waals surface area (Å²) in [6, 6.07) is 8.04. The van der Waals surface area contributed by atoms with Crippen LogP contribution in [0.4, 0.5) is 5.82 Å². The van der Waals surface area contributed by atoms with Crippen LogP contribution in [0.5, 0.6) is 0 Å². The van der Waals surface area contributed by atoms with Crippen molar-refractivity contribution >= 4 is 22.8 Å². The molecule has 1 aliphatic carbocycles. The molecule has 0 radical (unpaired) electrons.